The summed E-state index contributed by atoms with van der Waals surface area (Å²) in [6.45, 7) is 16.1. The van der Waals surface area contributed by atoms with Gasteiger partial charge in [0.05, 0.1) is 5.69 Å². The molecule has 0 amide bonds. The highest BCUT2D eigenvalue weighted by Crippen LogP contribution is 2.36. The van der Waals surface area contributed by atoms with Crippen LogP contribution in [0, 0.1) is 20.8 Å². The molecule has 0 aliphatic carbocycles. The van der Waals surface area contributed by atoms with Gasteiger partial charge in [-0.25, -0.2) is 0 Å². The van der Waals surface area contributed by atoms with Crippen LogP contribution in [-0.2, 0) is 6.42 Å². The highest BCUT2D eigenvalue weighted by molar-refractivity contribution is 6.33. The molecule has 1 aromatic carbocycles. The van der Waals surface area contributed by atoms with Crippen LogP contribution in [-0.4, -0.2) is 5.16 Å². The van der Waals surface area contributed by atoms with Crippen molar-refractivity contribution < 1.29 is 4.52 Å². The number of nitrogens with zero attached hydrogens (tertiary/aromatic N) is 1. The molecule has 0 bridgehead atoms. The first-order valence-electron chi connectivity index (χ1n) is 7.76. The van der Waals surface area contributed by atoms with Gasteiger partial charge in [0.15, 0.2) is 0 Å². The van der Waals surface area contributed by atoms with Gasteiger partial charge in [0, 0.05) is 16.1 Å². The molecule has 2 rings (SSSR count). The van der Waals surface area contributed by atoms with Crippen LogP contribution in [0.1, 0.15) is 57.2 Å². The maximum Gasteiger partial charge on any atom is 0.141 e. The van der Waals surface area contributed by atoms with Gasteiger partial charge in [0.1, 0.15) is 5.76 Å². The van der Waals surface area contributed by atoms with E-state index >= 15 is 0 Å². The minimum Gasteiger partial charge on any atom is -0.361 e. The van der Waals surface area contributed by atoms with Crippen LogP contribution in [0.5, 0.6) is 0 Å². The van der Waals surface area contributed by atoms with Crippen molar-refractivity contribution in [2.75, 3.05) is 0 Å². The minimum absolute atomic E-state index is 0.774. The van der Waals surface area contributed by atoms with Crippen molar-refractivity contribution in [3.63, 3.8) is 0 Å². The smallest absolute Gasteiger partial charge is 0.141 e. The molecule has 0 saturated carbocycles. The van der Waals surface area contributed by atoms with E-state index in [0.717, 1.165) is 34.0 Å². The van der Waals surface area contributed by atoms with Crippen molar-refractivity contribution in [2.45, 2.75) is 61.8 Å². The highest BCUT2D eigenvalue weighted by Gasteiger charge is 2.17. The van der Waals surface area contributed by atoms with Gasteiger partial charge in [-0.2, -0.15) is 0 Å². The van der Waals surface area contributed by atoms with Crippen LogP contribution in [0.3, 0.4) is 0 Å². The first-order chi connectivity index (χ1) is 10.0. The molecule has 0 atom stereocenters. The monoisotopic (exact) mass is 309 g/mol. The number of hydrogen-bond acceptors (Lipinski definition) is 2. The molecule has 0 aliphatic heterocycles. The molecular weight excluding hydrogens is 282 g/mol. The Labute approximate surface area is 134 Å². The van der Waals surface area contributed by atoms with Gasteiger partial charge in [-0.05, 0) is 44.4 Å². The molecule has 0 saturated heterocycles. The van der Waals surface area contributed by atoms with Crippen LogP contribution in [0.4, 0.5) is 0 Å². The van der Waals surface area contributed by atoms with Crippen molar-refractivity contribution in [1.29, 1.82) is 0 Å². The van der Waals surface area contributed by atoms with Gasteiger partial charge in [-0.15, -0.1) is 0 Å². The lowest BCUT2D eigenvalue weighted by Gasteiger charge is -2.10. The summed E-state index contributed by atoms with van der Waals surface area (Å²) in [5, 5.41) is 4.76. The minimum atomic E-state index is 0.774. The molecule has 2 nitrogen and oxygen atoms in total. The van der Waals surface area contributed by atoms with E-state index in [1.54, 1.807) is 0 Å². The van der Waals surface area contributed by atoms with Gasteiger partial charge in [-0.1, -0.05) is 57.4 Å². The second kappa shape index (κ2) is 9.62. The van der Waals surface area contributed by atoms with Crippen LogP contribution in [0.15, 0.2) is 16.7 Å². The number of aryl methyl sites for hydroxylation is 4. The summed E-state index contributed by atoms with van der Waals surface area (Å²) >= 11 is 6.38. The lowest BCUT2D eigenvalue weighted by molar-refractivity contribution is 0.393. The Morgan fingerprint density at radius 1 is 1.00 bits per heavy atom. The zero-order valence-electron chi connectivity index (χ0n) is 14.6. The molecule has 21 heavy (non-hydrogen) atoms. The molecule has 118 valence electrons. The van der Waals surface area contributed by atoms with Gasteiger partial charge >= 0.3 is 0 Å². The third-order valence-electron chi connectivity index (χ3n) is 3.04. The van der Waals surface area contributed by atoms with Crippen molar-refractivity contribution in [1.82, 2.24) is 5.16 Å². The lowest BCUT2D eigenvalue weighted by Crippen LogP contribution is -1.91. The fourth-order valence-corrected chi connectivity index (χ4v) is 2.56. The van der Waals surface area contributed by atoms with E-state index in [4.69, 9.17) is 16.1 Å². The summed E-state index contributed by atoms with van der Waals surface area (Å²) in [5.74, 6) is 0.816. The zero-order chi connectivity index (χ0) is 16.6. The molecule has 0 spiro atoms. The fraction of sp³-hybridized carbons (Fsp3) is 0.500. The summed E-state index contributed by atoms with van der Waals surface area (Å²) in [5.41, 5.74) is 5.37. The summed E-state index contributed by atoms with van der Waals surface area (Å²) in [6.07, 6.45) is 0.989. The Bertz CT molecular complexity index is 516. The second-order valence-electron chi connectivity index (χ2n) is 4.32. The summed E-state index contributed by atoms with van der Waals surface area (Å²) < 4.78 is 5.21. The SMILES string of the molecule is CC.CC.CCc1cc(C)c(-c2c(C)noc2C)c(Cl)c1. The number of benzene rings is 1. The van der Waals surface area contributed by atoms with Gasteiger partial charge in [-0.3, -0.25) is 0 Å². The Morgan fingerprint density at radius 3 is 1.95 bits per heavy atom. The molecule has 0 aliphatic rings. The van der Waals surface area contributed by atoms with Gasteiger partial charge < -0.3 is 4.52 Å². The molecule has 0 radical (unpaired) electrons. The number of hydrogen-bond donors (Lipinski definition) is 0. The topological polar surface area (TPSA) is 26.0 Å². The molecule has 0 fully saturated rings. The Hall–Kier alpha value is -1.28. The highest BCUT2D eigenvalue weighted by atomic mass is 35.5. The standard InChI is InChI=1S/C14H16ClNO.2C2H6/c1-5-11-6-8(2)13(12(15)7-11)14-9(3)16-17-10(14)4;2*1-2/h6-7H,5H2,1-4H3;2*1-2H3. The molecule has 3 heteroatoms. The summed E-state index contributed by atoms with van der Waals surface area (Å²) in [6, 6.07) is 4.20. The van der Waals surface area contributed by atoms with Crippen molar-refractivity contribution >= 4 is 11.6 Å². The Morgan fingerprint density at radius 2 is 1.57 bits per heavy atom. The third-order valence-corrected chi connectivity index (χ3v) is 3.34. The van der Waals surface area contributed by atoms with Crippen LogP contribution < -0.4 is 0 Å². The van der Waals surface area contributed by atoms with Crippen LogP contribution >= 0.6 is 11.6 Å². The van der Waals surface area contributed by atoms with Gasteiger partial charge in [0.2, 0.25) is 0 Å². The number of rotatable bonds is 2. The van der Waals surface area contributed by atoms with Crippen molar-refractivity contribution in [3.8, 4) is 11.1 Å². The normalized spacial score (nSPS) is 9.38. The molecule has 2 aromatic rings. The van der Waals surface area contributed by atoms with E-state index in [-0.39, 0.29) is 0 Å². The van der Waals surface area contributed by atoms with E-state index in [9.17, 15) is 0 Å². The van der Waals surface area contributed by atoms with Crippen molar-refractivity contribution in [3.05, 3.63) is 39.7 Å². The third kappa shape index (κ3) is 4.60. The Kier molecular flexibility index (Phi) is 9.03. The summed E-state index contributed by atoms with van der Waals surface area (Å²) in [7, 11) is 0. The molecular formula is C18H28ClNO. The van der Waals surface area contributed by atoms with E-state index in [1.807, 2.05) is 47.6 Å². The average molecular weight is 310 g/mol. The second-order valence-corrected chi connectivity index (χ2v) is 4.73. The maximum absolute atomic E-state index is 6.38. The molecule has 1 aromatic heterocycles. The number of halogens is 1. The first kappa shape index (κ1) is 19.7. The number of aromatic nitrogens is 1. The van der Waals surface area contributed by atoms with E-state index in [2.05, 4.69) is 25.1 Å². The maximum atomic E-state index is 6.38. The van der Waals surface area contributed by atoms with E-state index < -0.39 is 0 Å². The molecule has 0 N–H and O–H groups in total. The largest absolute Gasteiger partial charge is 0.361 e. The first-order valence-corrected chi connectivity index (χ1v) is 8.14. The predicted molar refractivity (Wildman–Crippen MR) is 93.2 cm³/mol. The van der Waals surface area contributed by atoms with E-state index in [0.29, 0.717) is 0 Å². The lowest BCUT2D eigenvalue weighted by atomic mass is 9.96. The quantitative estimate of drug-likeness (QED) is 0.630. The summed E-state index contributed by atoms with van der Waals surface area (Å²) in [4.78, 5) is 0. The fourth-order valence-electron chi connectivity index (χ4n) is 2.18. The molecule has 1 heterocycles. The van der Waals surface area contributed by atoms with E-state index in [1.165, 1.54) is 11.1 Å². The van der Waals surface area contributed by atoms with Crippen LogP contribution in [0.25, 0.3) is 11.1 Å². The average Bonchev–Trinajstić information content (AvgIpc) is 2.83. The Balaban J connectivity index is 0.000000921. The van der Waals surface area contributed by atoms with Crippen LogP contribution in [0.2, 0.25) is 5.02 Å². The van der Waals surface area contributed by atoms with Crippen molar-refractivity contribution in [2.24, 2.45) is 0 Å². The van der Waals surface area contributed by atoms with Gasteiger partial charge in [0.25, 0.3) is 0 Å². The predicted octanol–water partition coefficient (Wildman–Crippen LogP) is 6.54. The zero-order valence-corrected chi connectivity index (χ0v) is 15.4. The molecule has 0 unspecified atom stereocenters.